The molecule has 2 heterocycles. The average Bonchev–Trinajstić information content (AvgIpc) is 2.88. The van der Waals surface area contributed by atoms with E-state index in [4.69, 9.17) is 5.73 Å². The summed E-state index contributed by atoms with van der Waals surface area (Å²) in [6.45, 7) is 0.943. The molecular formula is C27H26N6O. The second kappa shape index (κ2) is 9.23. The van der Waals surface area contributed by atoms with E-state index in [9.17, 15) is 4.79 Å². The molecule has 34 heavy (non-hydrogen) atoms. The molecule has 1 atom stereocenters. The number of fused-ring (bicyclic) bond motifs is 1. The van der Waals surface area contributed by atoms with Crippen LogP contribution in [-0.4, -0.2) is 29.5 Å². The number of rotatable bonds is 5. The van der Waals surface area contributed by atoms with Crippen molar-refractivity contribution in [3.05, 3.63) is 96.3 Å². The van der Waals surface area contributed by atoms with E-state index in [0.717, 1.165) is 24.1 Å². The van der Waals surface area contributed by atoms with Gasteiger partial charge in [-0.3, -0.25) is 4.79 Å². The largest absolute Gasteiger partial charge is 0.397 e. The van der Waals surface area contributed by atoms with E-state index in [0.29, 0.717) is 22.9 Å². The molecule has 0 spiro atoms. The van der Waals surface area contributed by atoms with Gasteiger partial charge in [0.05, 0.1) is 23.0 Å². The molecule has 0 aliphatic carbocycles. The molecule has 4 aromatic rings. The number of nitrogens with zero attached hydrogens (tertiary/aromatic N) is 3. The number of carbonyl (C=O) groups excluding carboxylic acids is 1. The quantitative estimate of drug-likeness (QED) is 0.372. The second-order valence-corrected chi connectivity index (χ2v) is 8.38. The van der Waals surface area contributed by atoms with Crippen LogP contribution in [0.3, 0.4) is 0 Å². The highest BCUT2D eigenvalue weighted by Gasteiger charge is 2.23. The molecule has 7 nitrogen and oxygen atoms in total. The van der Waals surface area contributed by atoms with E-state index >= 15 is 0 Å². The predicted octanol–water partition coefficient (Wildman–Crippen LogP) is 4.97. The van der Waals surface area contributed by atoms with Crippen molar-refractivity contribution in [2.45, 2.75) is 12.5 Å². The van der Waals surface area contributed by atoms with Crippen LogP contribution in [0.2, 0.25) is 0 Å². The summed E-state index contributed by atoms with van der Waals surface area (Å²) in [7, 11) is 2.10. The van der Waals surface area contributed by atoms with Gasteiger partial charge >= 0.3 is 0 Å². The van der Waals surface area contributed by atoms with E-state index in [-0.39, 0.29) is 11.9 Å². The van der Waals surface area contributed by atoms with E-state index in [1.54, 1.807) is 6.07 Å². The number of amides is 1. The first-order chi connectivity index (χ1) is 16.6. The SMILES string of the molecule is CN1CCC(Nc2ncc(C(=O)Nc3cc(-c4ccccc4)ccc3N)cn2)c2ccccc21. The highest BCUT2D eigenvalue weighted by molar-refractivity contribution is 6.05. The fourth-order valence-corrected chi connectivity index (χ4v) is 4.22. The third kappa shape index (κ3) is 4.41. The van der Waals surface area contributed by atoms with Crippen LogP contribution in [0, 0.1) is 0 Å². The molecule has 3 aromatic carbocycles. The number of hydrogen-bond donors (Lipinski definition) is 3. The van der Waals surface area contributed by atoms with E-state index in [1.807, 2.05) is 54.6 Å². The lowest BCUT2D eigenvalue weighted by atomic mass is 9.97. The zero-order chi connectivity index (χ0) is 23.5. The van der Waals surface area contributed by atoms with Gasteiger partial charge in [0.15, 0.2) is 0 Å². The molecule has 0 bridgehead atoms. The number of carbonyl (C=O) groups is 1. The summed E-state index contributed by atoms with van der Waals surface area (Å²) in [5.74, 6) is 0.180. The fourth-order valence-electron chi connectivity index (χ4n) is 4.22. The van der Waals surface area contributed by atoms with Gasteiger partial charge in [-0.1, -0.05) is 54.6 Å². The standard InChI is InChI=1S/C27H26N6O/c1-33-14-13-23(21-9-5-6-10-25(21)33)32-27-29-16-20(17-30-27)26(34)31-24-15-19(11-12-22(24)28)18-7-3-2-4-8-18/h2-12,15-17,23H,13-14,28H2,1H3,(H,31,34)(H,29,30,32). The lowest BCUT2D eigenvalue weighted by molar-refractivity contribution is 0.102. The van der Waals surface area contributed by atoms with Gasteiger partial charge in [-0.25, -0.2) is 9.97 Å². The Morgan fingerprint density at radius 2 is 1.71 bits per heavy atom. The number of nitrogen functional groups attached to an aromatic ring is 1. The number of anilines is 4. The summed E-state index contributed by atoms with van der Waals surface area (Å²) < 4.78 is 0. The first-order valence-electron chi connectivity index (χ1n) is 11.2. The fraction of sp³-hybridized carbons (Fsp3) is 0.148. The van der Waals surface area contributed by atoms with Crippen LogP contribution in [0.4, 0.5) is 23.0 Å². The number of para-hydroxylation sites is 1. The van der Waals surface area contributed by atoms with Crippen molar-refractivity contribution in [3.8, 4) is 11.1 Å². The maximum Gasteiger partial charge on any atom is 0.258 e. The smallest absolute Gasteiger partial charge is 0.258 e. The van der Waals surface area contributed by atoms with E-state index < -0.39 is 0 Å². The Kier molecular flexibility index (Phi) is 5.82. The molecule has 7 heteroatoms. The lowest BCUT2D eigenvalue weighted by Crippen LogP contribution is -2.30. The summed E-state index contributed by atoms with van der Waals surface area (Å²) in [6.07, 6.45) is 4.00. The van der Waals surface area contributed by atoms with Crippen LogP contribution >= 0.6 is 0 Å². The van der Waals surface area contributed by atoms with Gasteiger partial charge in [-0.15, -0.1) is 0 Å². The topological polar surface area (TPSA) is 96.2 Å². The van der Waals surface area contributed by atoms with Crippen molar-refractivity contribution in [1.82, 2.24) is 9.97 Å². The molecule has 1 aliphatic heterocycles. The van der Waals surface area contributed by atoms with Crippen LogP contribution in [-0.2, 0) is 0 Å². The van der Waals surface area contributed by atoms with Crippen LogP contribution in [0.25, 0.3) is 11.1 Å². The second-order valence-electron chi connectivity index (χ2n) is 8.38. The highest BCUT2D eigenvalue weighted by Crippen LogP contribution is 2.34. The average molecular weight is 451 g/mol. The number of nitrogens with one attached hydrogen (secondary N) is 2. The molecule has 1 amide bonds. The summed E-state index contributed by atoms with van der Waals surface area (Å²) in [5, 5.41) is 6.29. The molecule has 170 valence electrons. The Labute approximate surface area is 198 Å². The van der Waals surface area contributed by atoms with Gasteiger partial charge in [0.2, 0.25) is 5.95 Å². The minimum Gasteiger partial charge on any atom is -0.397 e. The van der Waals surface area contributed by atoms with Crippen LogP contribution in [0.5, 0.6) is 0 Å². The van der Waals surface area contributed by atoms with Gasteiger partial charge in [-0.2, -0.15) is 0 Å². The zero-order valence-corrected chi connectivity index (χ0v) is 18.9. The summed E-state index contributed by atoms with van der Waals surface area (Å²) in [6, 6.07) is 24.0. The van der Waals surface area contributed by atoms with Crippen LogP contribution < -0.4 is 21.3 Å². The third-order valence-electron chi connectivity index (χ3n) is 6.10. The van der Waals surface area contributed by atoms with Crippen molar-refractivity contribution >= 4 is 28.9 Å². The van der Waals surface area contributed by atoms with Crippen molar-refractivity contribution in [2.24, 2.45) is 0 Å². The normalized spacial score (nSPS) is 14.9. The molecule has 0 radical (unpaired) electrons. The van der Waals surface area contributed by atoms with Crippen LogP contribution in [0.15, 0.2) is 85.2 Å². The summed E-state index contributed by atoms with van der Waals surface area (Å²) >= 11 is 0. The van der Waals surface area contributed by atoms with E-state index in [1.165, 1.54) is 23.6 Å². The Bertz CT molecular complexity index is 1310. The van der Waals surface area contributed by atoms with Crippen molar-refractivity contribution in [2.75, 3.05) is 34.9 Å². The number of benzene rings is 3. The highest BCUT2D eigenvalue weighted by atomic mass is 16.1. The molecule has 4 N–H and O–H groups in total. The predicted molar refractivity (Wildman–Crippen MR) is 137 cm³/mol. The third-order valence-corrected chi connectivity index (χ3v) is 6.10. The zero-order valence-electron chi connectivity index (χ0n) is 18.9. The summed E-state index contributed by atoms with van der Waals surface area (Å²) in [5.41, 5.74) is 12.0. The van der Waals surface area contributed by atoms with Crippen molar-refractivity contribution in [3.63, 3.8) is 0 Å². The first-order valence-corrected chi connectivity index (χ1v) is 11.2. The lowest BCUT2D eigenvalue weighted by Gasteiger charge is -2.33. The Hall–Kier alpha value is -4.39. The number of aromatic nitrogens is 2. The van der Waals surface area contributed by atoms with Gasteiger partial charge in [0, 0.05) is 31.7 Å². The number of nitrogens with two attached hydrogens (primary N) is 1. The summed E-state index contributed by atoms with van der Waals surface area (Å²) in [4.78, 5) is 23.9. The van der Waals surface area contributed by atoms with Crippen LogP contribution in [0.1, 0.15) is 28.4 Å². The van der Waals surface area contributed by atoms with Crippen molar-refractivity contribution in [1.29, 1.82) is 0 Å². The Morgan fingerprint density at radius 1 is 0.971 bits per heavy atom. The monoisotopic (exact) mass is 450 g/mol. The van der Waals surface area contributed by atoms with Gasteiger partial charge in [0.1, 0.15) is 0 Å². The minimum absolute atomic E-state index is 0.118. The minimum atomic E-state index is -0.312. The van der Waals surface area contributed by atoms with Crippen molar-refractivity contribution < 1.29 is 4.79 Å². The molecule has 5 rings (SSSR count). The molecule has 1 aliphatic rings. The van der Waals surface area contributed by atoms with Gasteiger partial charge in [0.25, 0.3) is 5.91 Å². The Morgan fingerprint density at radius 3 is 2.50 bits per heavy atom. The van der Waals surface area contributed by atoms with E-state index in [2.05, 4.69) is 44.7 Å². The number of hydrogen-bond acceptors (Lipinski definition) is 6. The molecule has 0 saturated heterocycles. The maximum absolute atomic E-state index is 12.8. The molecule has 0 fully saturated rings. The molecule has 0 saturated carbocycles. The van der Waals surface area contributed by atoms with Gasteiger partial charge in [-0.05, 0) is 41.3 Å². The Balaban J connectivity index is 1.29. The molecular weight excluding hydrogens is 424 g/mol. The molecule has 1 unspecified atom stereocenters. The maximum atomic E-state index is 12.8. The molecule has 1 aromatic heterocycles. The van der Waals surface area contributed by atoms with Gasteiger partial charge < -0.3 is 21.3 Å². The first kappa shape index (κ1) is 21.5.